The van der Waals surface area contributed by atoms with Gasteiger partial charge >= 0.3 is 5.97 Å². The molecule has 17 heavy (non-hydrogen) atoms. The highest BCUT2D eigenvalue weighted by molar-refractivity contribution is 7.14. The lowest BCUT2D eigenvalue weighted by Crippen LogP contribution is -2.26. The molecular weight excluding hydrogens is 240 g/mol. The lowest BCUT2D eigenvalue weighted by Gasteiger charge is -2.23. The van der Waals surface area contributed by atoms with Crippen LogP contribution in [0.4, 0.5) is 0 Å². The summed E-state index contributed by atoms with van der Waals surface area (Å²) in [6.07, 6.45) is 2.58. The average molecular weight is 256 g/mol. The van der Waals surface area contributed by atoms with Crippen LogP contribution in [0.5, 0.6) is 5.75 Å². The van der Waals surface area contributed by atoms with Gasteiger partial charge in [-0.25, -0.2) is 4.79 Å². The SMILES string of the molecule is CCc1cc(OC2CCOCC2)c(C(=O)O)s1. The molecule has 0 unspecified atom stereocenters. The molecule has 0 spiro atoms. The summed E-state index contributed by atoms with van der Waals surface area (Å²) in [5.74, 6) is -0.386. The van der Waals surface area contributed by atoms with Crippen LogP contribution in [0.3, 0.4) is 0 Å². The van der Waals surface area contributed by atoms with Crippen molar-refractivity contribution >= 4 is 17.3 Å². The molecule has 5 heteroatoms. The molecule has 1 N–H and O–H groups in total. The molecule has 2 heterocycles. The van der Waals surface area contributed by atoms with Gasteiger partial charge in [-0.1, -0.05) is 6.92 Å². The van der Waals surface area contributed by atoms with Crippen molar-refractivity contribution in [3.05, 3.63) is 15.8 Å². The Morgan fingerprint density at radius 1 is 1.59 bits per heavy atom. The zero-order chi connectivity index (χ0) is 12.3. The van der Waals surface area contributed by atoms with Gasteiger partial charge in [0.1, 0.15) is 11.9 Å². The van der Waals surface area contributed by atoms with Crippen LogP contribution in [0, 0.1) is 0 Å². The summed E-state index contributed by atoms with van der Waals surface area (Å²) < 4.78 is 11.0. The Kier molecular flexibility index (Phi) is 4.02. The summed E-state index contributed by atoms with van der Waals surface area (Å²) in [5.41, 5.74) is 0. The maximum Gasteiger partial charge on any atom is 0.349 e. The smallest absolute Gasteiger partial charge is 0.349 e. The Morgan fingerprint density at radius 3 is 2.88 bits per heavy atom. The summed E-state index contributed by atoms with van der Waals surface area (Å²) >= 11 is 1.30. The highest BCUT2D eigenvalue weighted by atomic mass is 32.1. The number of aryl methyl sites for hydroxylation is 1. The molecule has 1 fully saturated rings. The van der Waals surface area contributed by atoms with Crippen molar-refractivity contribution < 1.29 is 19.4 Å². The largest absolute Gasteiger partial charge is 0.488 e. The number of thiophene rings is 1. The minimum atomic E-state index is -0.906. The van der Waals surface area contributed by atoms with Crippen LogP contribution in [0.1, 0.15) is 34.3 Å². The van der Waals surface area contributed by atoms with Gasteiger partial charge in [0.15, 0.2) is 4.88 Å². The van der Waals surface area contributed by atoms with Crippen molar-refractivity contribution in [3.8, 4) is 5.75 Å². The molecule has 4 nitrogen and oxygen atoms in total. The number of hydrogen-bond donors (Lipinski definition) is 1. The van der Waals surface area contributed by atoms with Gasteiger partial charge in [-0.15, -0.1) is 11.3 Å². The van der Waals surface area contributed by atoms with E-state index in [4.69, 9.17) is 14.6 Å². The number of carboxylic acids is 1. The molecule has 94 valence electrons. The summed E-state index contributed by atoms with van der Waals surface area (Å²) in [4.78, 5) is 12.5. The van der Waals surface area contributed by atoms with Gasteiger partial charge in [0.05, 0.1) is 13.2 Å². The molecule has 0 saturated carbocycles. The van der Waals surface area contributed by atoms with Crippen molar-refractivity contribution in [3.63, 3.8) is 0 Å². The lowest BCUT2D eigenvalue weighted by atomic mass is 10.1. The fourth-order valence-corrected chi connectivity index (χ4v) is 2.67. The van der Waals surface area contributed by atoms with Crippen LogP contribution in [0.25, 0.3) is 0 Å². The van der Waals surface area contributed by atoms with Crippen LogP contribution in [0.15, 0.2) is 6.07 Å². The van der Waals surface area contributed by atoms with E-state index < -0.39 is 5.97 Å². The van der Waals surface area contributed by atoms with Crippen LogP contribution in [0.2, 0.25) is 0 Å². The van der Waals surface area contributed by atoms with E-state index in [1.807, 2.05) is 13.0 Å². The Bertz CT molecular complexity index is 393. The van der Waals surface area contributed by atoms with Crippen molar-refractivity contribution in [2.45, 2.75) is 32.3 Å². The minimum Gasteiger partial charge on any atom is -0.488 e. The molecule has 1 saturated heterocycles. The molecule has 1 aliphatic rings. The summed E-state index contributed by atoms with van der Waals surface area (Å²) in [5, 5.41) is 9.11. The van der Waals surface area contributed by atoms with Gasteiger partial charge in [0.2, 0.25) is 0 Å². The van der Waals surface area contributed by atoms with Crippen molar-refractivity contribution in [2.75, 3.05) is 13.2 Å². The molecule has 0 aliphatic carbocycles. The molecule has 0 atom stereocenters. The molecule has 0 bridgehead atoms. The van der Waals surface area contributed by atoms with Gasteiger partial charge in [0, 0.05) is 17.7 Å². The first kappa shape index (κ1) is 12.4. The quantitative estimate of drug-likeness (QED) is 0.899. The van der Waals surface area contributed by atoms with E-state index in [-0.39, 0.29) is 6.10 Å². The first-order valence-electron chi connectivity index (χ1n) is 5.81. The molecule has 1 aromatic rings. The first-order chi connectivity index (χ1) is 8.20. The van der Waals surface area contributed by atoms with Crippen molar-refractivity contribution in [1.82, 2.24) is 0 Å². The van der Waals surface area contributed by atoms with Crippen molar-refractivity contribution in [2.24, 2.45) is 0 Å². The highest BCUT2D eigenvalue weighted by Gasteiger charge is 2.21. The summed E-state index contributed by atoms with van der Waals surface area (Å²) in [7, 11) is 0. The maximum absolute atomic E-state index is 11.1. The van der Waals surface area contributed by atoms with E-state index in [2.05, 4.69) is 0 Å². The average Bonchev–Trinajstić information content (AvgIpc) is 2.74. The number of rotatable bonds is 4. The van der Waals surface area contributed by atoms with Gasteiger partial charge in [-0.2, -0.15) is 0 Å². The molecule has 2 rings (SSSR count). The number of aromatic carboxylic acids is 1. The standard InChI is InChI=1S/C12H16O4S/c1-2-9-7-10(11(17-9)12(13)14)16-8-3-5-15-6-4-8/h7-8H,2-6H2,1H3,(H,13,14). The fraction of sp³-hybridized carbons (Fsp3) is 0.583. The lowest BCUT2D eigenvalue weighted by molar-refractivity contribution is 0.0251. The van der Waals surface area contributed by atoms with Crippen molar-refractivity contribution in [1.29, 1.82) is 0 Å². The topological polar surface area (TPSA) is 55.8 Å². The predicted octanol–water partition coefficient (Wildman–Crippen LogP) is 2.57. The van der Waals surface area contributed by atoms with Crippen LogP contribution < -0.4 is 4.74 Å². The number of carbonyl (C=O) groups is 1. The second kappa shape index (κ2) is 5.51. The number of carboxylic acid groups (broad SMARTS) is 1. The zero-order valence-electron chi connectivity index (χ0n) is 9.77. The summed E-state index contributed by atoms with van der Waals surface area (Å²) in [6, 6.07) is 1.85. The van der Waals surface area contributed by atoms with E-state index in [1.165, 1.54) is 11.3 Å². The first-order valence-corrected chi connectivity index (χ1v) is 6.62. The number of ether oxygens (including phenoxy) is 2. The Morgan fingerprint density at radius 2 is 2.29 bits per heavy atom. The van der Waals surface area contributed by atoms with Crippen LogP contribution in [-0.4, -0.2) is 30.4 Å². The normalized spacial score (nSPS) is 17.0. The molecular formula is C12H16O4S. The second-order valence-corrected chi connectivity index (χ2v) is 5.13. The Hall–Kier alpha value is -1.07. The highest BCUT2D eigenvalue weighted by Crippen LogP contribution is 2.31. The van der Waals surface area contributed by atoms with E-state index >= 15 is 0 Å². The minimum absolute atomic E-state index is 0.0844. The maximum atomic E-state index is 11.1. The fourth-order valence-electron chi connectivity index (χ4n) is 1.81. The molecule has 0 amide bonds. The van der Waals surface area contributed by atoms with E-state index in [1.54, 1.807) is 0 Å². The second-order valence-electron chi connectivity index (χ2n) is 3.99. The summed E-state index contributed by atoms with van der Waals surface area (Å²) in [6.45, 7) is 3.39. The van der Waals surface area contributed by atoms with E-state index in [9.17, 15) is 4.79 Å². The van der Waals surface area contributed by atoms with Gasteiger partial charge < -0.3 is 14.6 Å². The van der Waals surface area contributed by atoms with E-state index in [0.717, 1.165) is 24.1 Å². The monoisotopic (exact) mass is 256 g/mol. The molecule has 0 aromatic carbocycles. The van der Waals surface area contributed by atoms with Gasteiger partial charge in [-0.05, 0) is 12.5 Å². The molecule has 0 radical (unpaired) electrons. The molecule has 1 aromatic heterocycles. The third-order valence-corrected chi connectivity index (χ3v) is 4.00. The van der Waals surface area contributed by atoms with Crippen LogP contribution in [-0.2, 0) is 11.2 Å². The van der Waals surface area contributed by atoms with Gasteiger partial charge in [-0.3, -0.25) is 0 Å². The Balaban J connectivity index is 2.12. The van der Waals surface area contributed by atoms with Crippen LogP contribution >= 0.6 is 11.3 Å². The molecule has 1 aliphatic heterocycles. The Labute approximate surface area is 104 Å². The van der Waals surface area contributed by atoms with E-state index in [0.29, 0.717) is 23.8 Å². The zero-order valence-corrected chi connectivity index (χ0v) is 10.6. The third kappa shape index (κ3) is 2.98. The van der Waals surface area contributed by atoms with Gasteiger partial charge in [0.25, 0.3) is 0 Å². The number of hydrogen-bond acceptors (Lipinski definition) is 4. The third-order valence-electron chi connectivity index (χ3n) is 2.75. The predicted molar refractivity (Wildman–Crippen MR) is 65.1 cm³/mol.